The molecule has 0 aliphatic heterocycles. The zero-order valence-electron chi connectivity index (χ0n) is 14.6. The van der Waals surface area contributed by atoms with E-state index in [0.717, 1.165) is 30.7 Å². The van der Waals surface area contributed by atoms with E-state index in [1.54, 1.807) is 0 Å². The Labute approximate surface area is 162 Å². The zero-order valence-corrected chi connectivity index (χ0v) is 16.9. The van der Waals surface area contributed by atoms with Crippen LogP contribution in [0.3, 0.4) is 0 Å². The largest absolute Gasteiger partial charge is 0.490 e. The molecule has 2 fully saturated rings. The fourth-order valence-corrected chi connectivity index (χ4v) is 3.07. The Bertz CT molecular complexity index is 525. The van der Waals surface area contributed by atoms with Crippen molar-refractivity contribution in [2.75, 3.05) is 13.6 Å². The lowest BCUT2D eigenvalue weighted by Gasteiger charge is -2.23. The van der Waals surface area contributed by atoms with Gasteiger partial charge in [-0.05, 0) is 62.1 Å². The molecule has 5 heteroatoms. The first-order valence-corrected chi connectivity index (χ1v) is 9.03. The van der Waals surface area contributed by atoms with Crippen molar-refractivity contribution < 1.29 is 4.74 Å². The van der Waals surface area contributed by atoms with E-state index in [1.807, 2.05) is 7.05 Å². The number of rotatable bonds is 6. The third-order valence-corrected chi connectivity index (χ3v) is 4.69. The van der Waals surface area contributed by atoms with Gasteiger partial charge in [0.1, 0.15) is 5.75 Å². The summed E-state index contributed by atoms with van der Waals surface area (Å²) >= 11 is 0. The molecule has 24 heavy (non-hydrogen) atoms. The number of nitrogens with zero attached hydrogens (tertiary/aromatic N) is 1. The van der Waals surface area contributed by atoms with Crippen LogP contribution in [0, 0.1) is 5.92 Å². The van der Waals surface area contributed by atoms with E-state index in [4.69, 9.17) is 4.74 Å². The van der Waals surface area contributed by atoms with Crippen molar-refractivity contribution in [1.82, 2.24) is 10.6 Å². The van der Waals surface area contributed by atoms with Gasteiger partial charge in [0.2, 0.25) is 0 Å². The maximum atomic E-state index is 6.14. The molecule has 2 saturated carbocycles. The molecule has 0 atom stereocenters. The van der Waals surface area contributed by atoms with Crippen molar-refractivity contribution in [1.29, 1.82) is 0 Å². The standard InChI is InChI=1S/C19H29N3O.HI/c1-20-19(21-13-15-10-11-15)22-14-16-6-5-9-18(12-16)23-17-7-3-2-4-8-17;/h5-6,9,12,15,17H,2-4,7-8,10-11,13-14H2,1H3,(H2,20,21,22);1H. The number of ether oxygens (including phenoxy) is 1. The van der Waals surface area contributed by atoms with E-state index in [2.05, 4.69) is 39.9 Å². The molecule has 0 saturated heterocycles. The number of halogens is 1. The van der Waals surface area contributed by atoms with E-state index >= 15 is 0 Å². The molecular formula is C19H30IN3O. The smallest absolute Gasteiger partial charge is 0.191 e. The van der Waals surface area contributed by atoms with Crippen LogP contribution in [0.25, 0.3) is 0 Å². The third-order valence-electron chi connectivity index (χ3n) is 4.69. The first-order valence-electron chi connectivity index (χ1n) is 9.03. The summed E-state index contributed by atoms with van der Waals surface area (Å²) in [5, 5.41) is 6.77. The molecule has 1 aromatic carbocycles. The molecule has 3 rings (SSSR count). The summed E-state index contributed by atoms with van der Waals surface area (Å²) in [5.41, 5.74) is 1.23. The highest BCUT2D eigenvalue weighted by atomic mass is 127. The number of hydrogen-bond donors (Lipinski definition) is 2. The summed E-state index contributed by atoms with van der Waals surface area (Å²) in [6.07, 6.45) is 9.45. The van der Waals surface area contributed by atoms with Gasteiger partial charge in [-0.25, -0.2) is 0 Å². The van der Waals surface area contributed by atoms with Crippen molar-refractivity contribution in [3.05, 3.63) is 29.8 Å². The van der Waals surface area contributed by atoms with Crippen LogP contribution in [0.4, 0.5) is 0 Å². The topological polar surface area (TPSA) is 45.7 Å². The lowest BCUT2D eigenvalue weighted by Crippen LogP contribution is -2.37. The Balaban J connectivity index is 0.00000208. The van der Waals surface area contributed by atoms with E-state index in [0.29, 0.717) is 6.10 Å². The van der Waals surface area contributed by atoms with Crippen molar-refractivity contribution in [2.45, 2.75) is 57.6 Å². The highest BCUT2D eigenvalue weighted by Crippen LogP contribution is 2.27. The average molecular weight is 443 g/mol. The second-order valence-electron chi connectivity index (χ2n) is 6.78. The fraction of sp³-hybridized carbons (Fsp3) is 0.632. The minimum Gasteiger partial charge on any atom is -0.490 e. The van der Waals surface area contributed by atoms with Crippen LogP contribution < -0.4 is 15.4 Å². The first-order chi connectivity index (χ1) is 11.3. The minimum absolute atomic E-state index is 0. The van der Waals surface area contributed by atoms with Gasteiger partial charge in [0, 0.05) is 20.1 Å². The Morgan fingerprint density at radius 1 is 1.12 bits per heavy atom. The molecule has 4 nitrogen and oxygen atoms in total. The van der Waals surface area contributed by atoms with Crippen molar-refractivity contribution in [2.24, 2.45) is 10.9 Å². The monoisotopic (exact) mass is 443 g/mol. The Hall–Kier alpha value is -0.980. The molecular weight excluding hydrogens is 413 g/mol. The highest BCUT2D eigenvalue weighted by Gasteiger charge is 2.21. The molecule has 0 bridgehead atoms. The quantitative estimate of drug-likeness (QED) is 0.396. The van der Waals surface area contributed by atoms with Gasteiger partial charge in [-0.3, -0.25) is 4.99 Å². The van der Waals surface area contributed by atoms with Gasteiger partial charge in [-0.2, -0.15) is 0 Å². The molecule has 0 aromatic heterocycles. The normalized spacial score (nSPS) is 18.6. The van der Waals surface area contributed by atoms with Crippen LogP contribution >= 0.6 is 24.0 Å². The average Bonchev–Trinajstić information content (AvgIpc) is 3.41. The Morgan fingerprint density at radius 2 is 1.92 bits per heavy atom. The number of benzene rings is 1. The molecule has 0 radical (unpaired) electrons. The molecule has 2 N–H and O–H groups in total. The minimum atomic E-state index is 0. The number of guanidine groups is 1. The van der Waals surface area contributed by atoms with Gasteiger partial charge >= 0.3 is 0 Å². The fourth-order valence-electron chi connectivity index (χ4n) is 3.07. The second-order valence-corrected chi connectivity index (χ2v) is 6.78. The molecule has 0 spiro atoms. The van der Waals surface area contributed by atoms with E-state index < -0.39 is 0 Å². The lowest BCUT2D eigenvalue weighted by atomic mass is 9.98. The molecule has 0 unspecified atom stereocenters. The predicted molar refractivity (Wildman–Crippen MR) is 110 cm³/mol. The lowest BCUT2D eigenvalue weighted by molar-refractivity contribution is 0.155. The molecule has 0 amide bonds. The van der Waals surface area contributed by atoms with Gasteiger partial charge in [-0.1, -0.05) is 18.6 Å². The van der Waals surface area contributed by atoms with E-state index in [9.17, 15) is 0 Å². The third kappa shape index (κ3) is 6.49. The van der Waals surface area contributed by atoms with Gasteiger partial charge in [-0.15, -0.1) is 24.0 Å². The molecule has 2 aliphatic rings. The van der Waals surface area contributed by atoms with Crippen LogP contribution in [-0.4, -0.2) is 25.7 Å². The molecule has 2 aliphatic carbocycles. The van der Waals surface area contributed by atoms with Crippen LogP contribution in [0.1, 0.15) is 50.5 Å². The van der Waals surface area contributed by atoms with Gasteiger partial charge in [0.05, 0.1) is 6.10 Å². The van der Waals surface area contributed by atoms with Gasteiger partial charge in [0.25, 0.3) is 0 Å². The summed E-state index contributed by atoms with van der Waals surface area (Å²) < 4.78 is 6.14. The van der Waals surface area contributed by atoms with Crippen LogP contribution in [0.2, 0.25) is 0 Å². The second kappa shape index (κ2) is 10.1. The predicted octanol–water partition coefficient (Wildman–Crippen LogP) is 4.09. The summed E-state index contributed by atoms with van der Waals surface area (Å²) in [6.45, 7) is 1.80. The van der Waals surface area contributed by atoms with Crippen LogP contribution in [0.15, 0.2) is 29.3 Å². The van der Waals surface area contributed by atoms with Crippen LogP contribution in [0.5, 0.6) is 5.75 Å². The number of hydrogen-bond acceptors (Lipinski definition) is 2. The summed E-state index contributed by atoms with van der Waals surface area (Å²) in [6, 6.07) is 8.43. The maximum absolute atomic E-state index is 6.14. The molecule has 134 valence electrons. The van der Waals surface area contributed by atoms with Crippen LogP contribution in [-0.2, 0) is 6.54 Å². The number of aliphatic imine (C=N–C) groups is 1. The SMILES string of the molecule is CN=C(NCc1cccc(OC2CCCCC2)c1)NCC1CC1.I. The van der Waals surface area contributed by atoms with E-state index in [-0.39, 0.29) is 24.0 Å². The van der Waals surface area contributed by atoms with Crippen molar-refractivity contribution in [3.8, 4) is 5.75 Å². The zero-order chi connectivity index (χ0) is 15.9. The highest BCUT2D eigenvalue weighted by molar-refractivity contribution is 14.0. The molecule has 1 aromatic rings. The summed E-state index contributed by atoms with van der Waals surface area (Å²) in [4.78, 5) is 4.28. The van der Waals surface area contributed by atoms with Gasteiger partial charge in [0.15, 0.2) is 5.96 Å². The maximum Gasteiger partial charge on any atom is 0.191 e. The van der Waals surface area contributed by atoms with E-state index in [1.165, 1.54) is 50.5 Å². The number of nitrogens with one attached hydrogen (secondary N) is 2. The van der Waals surface area contributed by atoms with Gasteiger partial charge < -0.3 is 15.4 Å². The summed E-state index contributed by atoms with van der Waals surface area (Å²) in [5.74, 6) is 2.73. The Morgan fingerprint density at radius 3 is 2.62 bits per heavy atom. The molecule has 0 heterocycles. The first kappa shape index (κ1) is 19.3. The van der Waals surface area contributed by atoms with Crippen molar-refractivity contribution in [3.63, 3.8) is 0 Å². The Kier molecular flexibility index (Phi) is 8.15. The summed E-state index contributed by atoms with van der Waals surface area (Å²) in [7, 11) is 1.82. The van der Waals surface area contributed by atoms with Crippen molar-refractivity contribution >= 4 is 29.9 Å².